The van der Waals surface area contributed by atoms with E-state index >= 15 is 0 Å². The molecule has 0 saturated carbocycles. The number of nitrogens with one attached hydrogen (secondary N) is 1. The Morgan fingerprint density at radius 1 is 1.05 bits per heavy atom. The number of hydrogen-bond acceptors (Lipinski definition) is 2. The highest BCUT2D eigenvalue weighted by atomic mass is 35.5. The van der Waals surface area contributed by atoms with Crippen molar-refractivity contribution in [2.24, 2.45) is 0 Å². The zero-order valence-electron chi connectivity index (χ0n) is 12.1. The molecule has 2 aromatic rings. The first-order valence-corrected chi connectivity index (χ1v) is 7.96. The minimum Gasteiger partial charge on any atom is -0.383 e. The van der Waals surface area contributed by atoms with Crippen LogP contribution in [0, 0.1) is 0 Å². The van der Waals surface area contributed by atoms with Crippen molar-refractivity contribution in [2.75, 3.05) is 18.4 Å². The number of halogens is 1. The Morgan fingerprint density at radius 3 is 2.57 bits per heavy atom. The fourth-order valence-electron chi connectivity index (χ4n) is 2.96. The van der Waals surface area contributed by atoms with Crippen LogP contribution in [-0.2, 0) is 6.54 Å². The summed E-state index contributed by atoms with van der Waals surface area (Å²) >= 11 is 5.92. The lowest BCUT2D eigenvalue weighted by molar-refractivity contribution is 0.254. The number of rotatable bonds is 5. The summed E-state index contributed by atoms with van der Waals surface area (Å²) in [6, 6.07) is 19.3. The predicted molar refractivity (Wildman–Crippen MR) is 89.8 cm³/mol. The summed E-state index contributed by atoms with van der Waals surface area (Å²) in [6.07, 6.45) is 2.56. The molecule has 1 saturated heterocycles. The monoisotopic (exact) mass is 300 g/mol. The summed E-state index contributed by atoms with van der Waals surface area (Å²) in [5.41, 5.74) is 2.54. The van der Waals surface area contributed by atoms with Crippen LogP contribution in [0.2, 0.25) is 5.02 Å². The average molecular weight is 301 g/mol. The van der Waals surface area contributed by atoms with Crippen LogP contribution in [0.3, 0.4) is 0 Å². The Kier molecular flexibility index (Phi) is 4.79. The average Bonchev–Trinajstić information content (AvgIpc) is 2.95. The maximum Gasteiger partial charge on any atom is 0.0407 e. The fourth-order valence-corrected chi connectivity index (χ4v) is 3.08. The summed E-state index contributed by atoms with van der Waals surface area (Å²) in [5, 5.41) is 4.31. The number of likely N-dealkylation sites (tertiary alicyclic amines) is 1. The third-order valence-electron chi connectivity index (χ3n) is 4.11. The lowest BCUT2D eigenvalue weighted by atomic mass is 10.1. The molecule has 1 atom stereocenters. The topological polar surface area (TPSA) is 15.3 Å². The molecule has 0 aliphatic carbocycles. The molecule has 1 aliphatic rings. The summed E-state index contributed by atoms with van der Waals surface area (Å²) in [5.74, 6) is 0. The van der Waals surface area contributed by atoms with E-state index in [1.54, 1.807) is 0 Å². The highest BCUT2D eigenvalue weighted by Gasteiger charge is 2.23. The van der Waals surface area contributed by atoms with Crippen LogP contribution in [0.15, 0.2) is 54.6 Å². The Bertz CT molecular complexity index is 553. The van der Waals surface area contributed by atoms with E-state index in [4.69, 9.17) is 11.6 Å². The van der Waals surface area contributed by atoms with Crippen LogP contribution in [0.5, 0.6) is 0 Å². The molecule has 1 fully saturated rings. The highest BCUT2D eigenvalue weighted by molar-refractivity contribution is 6.30. The zero-order valence-corrected chi connectivity index (χ0v) is 12.9. The van der Waals surface area contributed by atoms with Crippen molar-refractivity contribution in [2.45, 2.75) is 25.4 Å². The van der Waals surface area contributed by atoms with Crippen LogP contribution in [0.25, 0.3) is 0 Å². The van der Waals surface area contributed by atoms with Crippen molar-refractivity contribution in [3.05, 3.63) is 65.2 Å². The smallest absolute Gasteiger partial charge is 0.0407 e. The molecule has 2 aromatic carbocycles. The quantitative estimate of drug-likeness (QED) is 0.879. The van der Waals surface area contributed by atoms with Gasteiger partial charge in [-0.3, -0.25) is 4.90 Å². The second kappa shape index (κ2) is 6.97. The van der Waals surface area contributed by atoms with Crippen molar-refractivity contribution in [3.63, 3.8) is 0 Å². The molecule has 110 valence electrons. The summed E-state index contributed by atoms with van der Waals surface area (Å²) in [4.78, 5) is 2.58. The highest BCUT2D eigenvalue weighted by Crippen LogP contribution is 2.21. The number of hydrogen-bond donors (Lipinski definition) is 1. The van der Waals surface area contributed by atoms with Gasteiger partial charge < -0.3 is 5.32 Å². The first-order valence-electron chi connectivity index (χ1n) is 7.59. The molecule has 21 heavy (non-hydrogen) atoms. The second-order valence-electron chi connectivity index (χ2n) is 5.64. The molecule has 1 aliphatic heterocycles. The van der Waals surface area contributed by atoms with E-state index in [-0.39, 0.29) is 0 Å². The molecule has 0 radical (unpaired) electrons. The van der Waals surface area contributed by atoms with Gasteiger partial charge in [0.05, 0.1) is 0 Å². The Hall–Kier alpha value is -1.51. The van der Waals surface area contributed by atoms with Crippen molar-refractivity contribution in [3.8, 4) is 0 Å². The minimum absolute atomic E-state index is 0.612. The normalized spacial score (nSPS) is 18.8. The second-order valence-corrected chi connectivity index (χ2v) is 6.08. The van der Waals surface area contributed by atoms with Gasteiger partial charge in [0.1, 0.15) is 0 Å². The van der Waals surface area contributed by atoms with E-state index in [0.717, 1.165) is 23.8 Å². The van der Waals surface area contributed by atoms with Gasteiger partial charge in [-0.15, -0.1) is 0 Å². The van der Waals surface area contributed by atoms with Crippen LogP contribution in [0.1, 0.15) is 18.4 Å². The van der Waals surface area contributed by atoms with E-state index in [1.807, 2.05) is 24.3 Å². The van der Waals surface area contributed by atoms with Crippen LogP contribution in [0.4, 0.5) is 5.69 Å². The lowest BCUT2D eigenvalue weighted by Gasteiger charge is -2.25. The van der Waals surface area contributed by atoms with Gasteiger partial charge in [-0.25, -0.2) is 0 Å². The van der Waals surface area contributed by atoms with E-state index in [1.165, 1.54) is 24.9 Å². The van der Waals surface area contributed by atoms with E-state index < -0.39 is 0 Å². The predicted octanol–water partition coefficient (Wildman–Crippen LogP) is 4.42. The fraction of sp³-hybridized carbons (Fsp3) is 0.333. The Balaban J connectivity index is 1.55. The molecular weight excluding hydrogens is 280 g/mol. The van der Waals surface area contributed by atoms with Gasteiger partial charge in [0.2, 0.25) is 0 Å². The van der Waals surface area contributed by atoms with Gasteiger partial charge in [-0.05, 0) is 49.2 Å². The third kappa shape index (κ3) is 3.99. The SMILES string of the molecule is Clc1ccc(NCC2CCCN2Cc2ccccc2)cc1. The van der Waals surface area contributed by atoms with Crippen LogP contribution < -0.4 is 5.32 Å². The van der Waals surface area contributed by atoms with Crippen molar-refractivity contribution in [1.82, 2.24) is 4.90 Å². The van der Waals surface area contributed by atoms with Gasteiger partial charge in [0, 0.05) is 29.8 Å². The Labute approximate surface area is 131 Å². The minimum atomic E-state index is 0.612. The van der Waals surface area contributed by atoms with E-state index in [0.29, 0.717) is 6.04 Å². The number of benzene rings is 2. The third-order valence-corrected chi connectivity index (χ3v) is 4.37. The van der Waals surface area contributed by atoms with E-state index in [2.05, 4.69) is 40.5 Å². The van der Waals surface area contributed by atoms with Crippen LogP contribution in [-0.4, -0.2) is 24.0 Å². The molecule has 3 heteroatoms. The number of anilines is 1. The van der Waals surface area contributed by atoms with Gasteiger partial charge >= 0.3 is 0 Å². The van der Waals surface area contributed by atoms with E-state index in [9.17, 15) is 0 Å². The zero-order chi connectivity index (χ0) is 14.5. The molecule has 1 N–H and O–H groups in total. The molecule has 0 bridgehead atoms. The number of nitrogens with zero attached hydrogens (tertiary/aromatic N) is 1. The molecule has 0 amide bonds. The standard InChI is InChI=1S/C18H21ClN2/c19-16-8-10-17(11-9-16)20-13-18-7-4-12-21(18)14-15-5-2-1-3-6-15/h1-3,5-6,8-11,18,20H,4,7,12-14H2. The first kappa shape index (κ1) is 14.4. The summed E-state index contributed by atoms with van der Waals surface area (Å²) in [7, 11) is 0. The molecule has 2 nitrogen and oxygen atoms in total. The molecule has 0 aromatic heterocycles. The molecule has 3 rings (SSSR count). The molecule has 0 spiro atoms. The van der Waals surface area contributed by atoms with Crippen LogP contribution >= 0.6 is 11.6 Å². The lowest BCUT2D eigenvalue weighted by Crippen LogP contribution is -2.34. The Morgan fingerprint density at radius 2 is 1.81 bits per heavy atom. The van der Waals surface area contributed by atoms with Gasteiger partial charge in [0.25, 0.3) is 0 Å². The van der Waals surface area contributed by atoms with Gasteiger partial charge in [-0.1, -0.05) is 41.9 Å². The van der Waals surface area contributed by atoms with Crippen molar-refractivity contribution >= 4 is 17.3 Å². The summed E-state index contributed by atoms with van der Waals surface area (Å²) in [6.45, 7) is 3.24. The largest absolute Gasteiger partial charge is 0.383 e. The maximum absolute atomic E-state index is 5.92. The van der Waals surface area contributed by atoms with Crippen molar-refractivity contribution < 1.29 is 0 Å². The van der Waals surface area contributed by atoms with Gasteiger partial charge in [-0.2, -0.15) is 0 Å². The maximum atomic E-state index is 5.92. The molecular formula is C18H21ClN2. The molecule has 1 unspecified atom stereocenters. The van der Waals surface area contributed by atoms with Crippen molar-refractivity contribution in [1.29, 1.82) is 0 Å². The summed E-state index contributed by atoms with van der Waals surface area (Å²) < 4.78 is 0. The molecule has 1 heterocycles. The first-order chi connectivity index (χ1) is 10.3. The van der Waals surface area contributed by atoms with Gasteiger partial charge in [0.15, 0.2) is 0 Å².